The summed E-state index contributed by atoms with van der Waals surface area (Å²) in [6.45, 7) is 0. The number of hydrogen-bond donors (Lipinski definition) is 0. The topological polar surface area (TPSA) is 0 Å². The van der Waals surface area contributed by atoms with E-state index in [0.717, 1.165) is 6.42 Å². The van der Waals surface area contributed by atoms with Crippen LogP contribution in [0.5, 0.6) is 0 Å². The highest BCUT2D eigenvalue weighted by atomic mass is 14.2. The van der Waals surface area contributed by atoms with E-state index in [2.05, 4.69) is 146 Å². The minimum atomic E-state index is 0.900. The zero-order valence-electron chi connectivity index (χ0n) is 21.6. The van der Waals surface area contributed by atoms with Crippen molar-refractivity contribution in [2.45, 2.75) is 6.42 Å². The van der Waals surface area contributed by atoms with Gasteiger partial charge in [-0.3, -0.25) is 0 Å². The van der Waals surface area contributed by atoms with E-state index in [-0.39, 0.29) is 0 Å². The lowest BCUT2D eigenvalue weighted by atomic mass is 9.81. The van der Waals surface area contributed by atoms with Crippen LogP contribution in [0.2, 0.25) is 0 Å². The summed E-state index contributed by atoms with van der Waals surface area (Å²) < 4.78 is 0. The van der Waals surface area contributed by atoms with Gasteiger partial charge in [0.15, 0.2) is 0 Å². The predicted molar refractivity (Wildman–Crippen MR) is 169 cm³/mol. The van der Waals surface area contributed by atoms with Crippen molar-refractivity contribution >= 4 is 49.2 Å². The van der Waals surface area contributed by atoms with Crippen LogP contribution in [-0.4, -0.2) is 0 Å². The van der Waals surface area contributed by atoms with Crippen LogP contribution in [0.1, 0.15) is 11.1 Å². The lowest BCUT2D eigenvalue weighted by Gasteiger charge is -2.22. The summed E-state index contributed by atoms with van der Waals surface area (Å²) >= 11 is 0. The summed E-state index contributed by atoms with van der Waals surface area (Å²) in [6.07, 6.45) is 9.88. The largest absolute Gasteiger partial charge is 0.0801 e. The van der Waals surface area contributed by atoms with Crippen molar-refractivity contribution in [2.24, 2.45) is 0 Å². The Hall–Kier alpha value is -4.94. The van der Waals surface area contributed by atoms with Crippen LogP contribution in [-0.2, 0) is 6.42 Å². The van der Waals surface area contributed by atoms with Gasteiger partial charge in [-0.1, -0.05) is 133 Å². The molecule has 0 saturated heterocycles. The maximum absolute atomic E-state index is 2.36. The third-order valence-corrected chi connectivity index (χ3v) is 8.27. The minimum absolute atomic E-state index is 0.900. The van der Waals surface area contributed by atoms with Gasteiger partial charge in [0.25, 0.3) is 0 Å². The Balaban J connectivity index is 1.51. The molecule has 7 aromatic rings. The third-order valence-electron chi connectivity index (χ3n) is 8.27. The molecule has 0 amide bonds. The van der Waals surface area contributed by atoms with E-state index >= 15 is 0 Å². The molecule has 1 aliphatic rings. The maximum Gasteiger partial charge on any atom is -0.00295 e. The van der Waals surface area contributed by atoms with E-state index in [0.29, 0.717) is 0 Å². The van der Waals surface area contributed by atoms with E-state index in [1.165, 1.54) is 76.5 Å². The fraction of sp³-hybridized carbons (Fsp3) is 0.0256. The summed E-state index contributed by atoms with van der Waals surface area (Å²) in [5.41, 5.74) is 7.95. The first-order chi connectivity index (χ1) is 19.4. The Morgan fingerprint density at radius 2 is 1.15 bits per heavy atom. The van der Waals surface area contributed by atoms with Gasteiger partial charge in [0.05, 0.1) is 0 Å². The van der Waals surface area contributed by atoms with Gasteiger partial charge >= 0.3 is 0 Å². The molecule has 0 bridgehead atoms. The van der Waals surface area contributed by atoms with Crippen LogP contribution < -0.4 is 0 Å². The van der Waals surface area contributed by atoms with E-state index in [1.54, 1.807) is 0 Å². The average Bonchev–Trinajstić information content (AvgIpc) is 3.25. The number of rotatable bonds is 2. The molecule has 39 heavy (non-hydrogen) atoms. The van der Waals surface area contributed by atoms with Gasteiger partial charge in [0.1, 0.15) is 0 Å². The van der Waals surface area contributed by atoms with Crippen LogP contribution in [0.3, 0.4) is 0 Å². The molecule has 0 unspecified atom stereocenters. The smallest absolute Gasteiger partial charge is 0.00295 e. The molecule has 182 valence electrons. The van der Waals surface area contributed by atoms with E-state index in [4.69, 9.17) is 0 Å². The molecular weight excluding hydrogens is 468 g/mol. The van der Waals surface area contributed by atoms with Gasteiger partial charge in [0, 0.05) is 0 Å². The van der Waals surface area contributed by atoms with E-state index < -0.39 is 0 Å². The molecule has 0 radical (unpaired) electrons. The zero-order valence-corrected chi connectivity index (χ0v) is 21.6. The van der Waals surface area contributed by atoms with Gasteiger partial charge in [-0.05, 0) is 95.0 Å². The average molecular weight is 495 g/mol. The van der Waals surface area contributed by atoms with Crippen molar-refractivity contribution in [3.05, 3.63) is 151 Å². The second-order valence-electron chi connectivity index (χ2n) is 10.4. The molecule has 0 heteroatoms. The zero-order chi connectivity index (χ0) is 25.8. The highest BCUT2D eigenvalue weighted by molar-refractivity contribution is 6.19. The fourth-order valence-electron chi connectivity index (χ4n) is 6.55. The summed E-state index contributed by atoms with van der Waals surface area (Å²) in [5.74, 6) is 0. The summed E-state index contributed by atoms with van der Waals surface area (Å²) in [4.78, 5) is 0. The molecule has 8 rings (SSSR count). The molecule has 0 fully saturated rings. The molecule has 0 aromatic heterocycles. The quantitative estimate of drug-likeness (QED) is 0.166. The molecular formula is C39H26. The predicted octanol–water partition coefficient (Wildman–Crippen LogP) is 10.8. The van der Waals surface area contributed by atoms with Crippen LogP contribution in [0.25, 0.3) is 71.4 Å². The Morgan fingerprint density at radius 3 is 2.00 bits per heavy atom. The van der Waals surface area contributed by atoms with Gasteiger partial charge < -0.3 is 0 Å². The summed E-state index contributed by atoms with van der Waals surface area (Å²) in [6, 6.07) is 44.6. The van der Waals surface area contributed by atoms with Crippen molar-refractivity contribution in [1.29, 1.82) is 0 Å². The van der Waals surface area contributed by atoms with Crippen molar-refractivity contribution in [1.82, 2.24) is 0 Å². The summed E-state index contributed by atoms with van der Waals surface area (Å²) in [7, 11) is 0. The standard InChI is InChI=1S/C39H26/c1-3-12-26(13-4-1)38-33-16-5-2-6-17-35(33)39(36-19-10-9-18-34(36)38)32-21-11-20-30-31(32)23-22-29-24-27-14-7-8-15-28(27)25-37(29)30/h1-16,18-25H,17H2. The Labute approximate surface area is 228 Å². The molecule has 0 heterocycles. The lowest BCUT2D eigenvalue weighted by Crippen LogP contribution is -1.99. The second-order valence-corrected chi connectivity index (χ2v) is 10.4. The highest BCUT2D eigenvalue weighted by Crippen LogP contribution is 2.46. The Kier molecular flexibility index (Phi) is 5.00. The number of benzene rings is 7. The molecule has 0 spiro atoms. The molecule has 1 aliphatic carbocycles. The molecule has 0 atom stereocenters. The van der Waals surface area contributed by atoms with E-state index in [9.17, 15) is 0 Å². The number of hydrogen-bond acceptors (Lipinski definition) is 0. The van der Waals surface area contributed by atoms with E-state index in [1.807, 2.05) is 0 Å². The monoisotopic (exact) mass is 494 g/mol. The SMILES string of the molecule is C1=CCc2c(c(-c3ccccc3)c3ccccc3c2-c2cccc3c2ccc2cc4ccccc4cc23)C=C1. The number of allylic oxidation sites excluding steroid dienone is 3. The number of fused-ring (bicyclic) bond motifs is 6. The first kappa shape index (κ1) is 22.1. The van der Waals surface area contributed by atoms with Crippen molar-refractivity contribution in [2.75, 3.05) is 0 Å². The van der Waals surface area contributed by atoms with Gasteiger partial charge in [0.2, 0.25) is 0 Å². The third kappa shape index (κ3) is 3.46. The molecule has 0 N–H and O–H groups in total. The van der Waals surface area contributed by atoms with Crippen LogP contribution in [0, 0.1) is 0 Å². The highest BCUT2D eigenvalue weighted by Gasteiger charge is 2.21. The Bertz CT molecular complexity index is 2120. The van der Waals surface area contributed by atoms with Crippen molar-refractivity contribution in [3.8, 4) is 22.3 Å². The molecule has 7 aromatic carbocycles. The maximum atomic E-state index is 2.36. The van der Waals surface area contributed by atoms with Crippen LogP contribution in [0.15, 0.2) is 140 Å². The fourth-order valence-corrected chi connectivity index (χ4v) is 6.55. The Morgan fingerprint density at radius 1 is 0.436 bits per heavy atom. The van der Waals surface area contributed by atoms with Crippen molar-refractivity contribution in [3.63, 3.8) is 0 Å². The van der Waals surface area contributed by atoms with Gasteiger partial charge in [-0.15, -0.1) is 0 Å². The van der Waals surface area contributed by atoms with Gasteiger partial charge in [-0.2, -0.15) is 0 Å². The molecule has 0 aliphatic heterocycles. The molecule has 0 saturated carbocycles. The molecule has 0 nitrogen and oxygen atoms in total. The first-order valence-corrected chi connectivity index (χ1v) is 13.7. The minimum Gasteiger partial charge on any atom is -0.0801 e. The summed E-state index contributed by atoms with van der Waals surface area (Å²) in [5, 5.41) is 10.4. The lowest BCUT2D eigenvalue weighted by molar-refractivity contribution is 1.28. The first-order valence-electron chi connectivity index (χ1n) is 13.7. The van der Waals surface area contributed by atoms with Crippen LogP contribution >= 0.6 is 0 Å². The van der Waals surface area contributed by atoms with Gasteiger partial charge in [-0.25, -0.2) is 0 Å². The van der Waals surface area contributed by atoms with Crippen molar-refractivity contribution < 1.29 is 0 Å². The normalized spacial score (nSPS) is 12.8. The second kappa shape index (κ2) is 8.82. The van der Waals surface area contributed by atoms with Crippen LogP contribution in [0.4, 0.5) is 0 Å².